The monoisotopic (exact) mass is 459 g/mol. The van der Waals surface area contributed by atoms with E-state index < -0.39 is 5.82 Å². The molecule has 0 aromatic heterocycles. The van der Waals surface area contributed by atoms with Gasteiger partial charge in [0.15, 0.2) is 5.17 Å². The maximum Gasteiger partial charge on any atom is 0.283 e. The standard InChI is InChI=1S/C26H22FN3O2S/c1-29(17-20-10-6-3-7-11-20)24(31)18-33-26-28-23(16-19-8-4-2-5-9-19)25(32)30(26)22-14-12-21(27)13-15-22/h2-16H,17-18H2,1H3. The van der Waals surface area contributed by atoms with Crippen LogP contribution >= 0.6 is 11.8 Å². The highest BCUT2D eigenvalue weighted by Crippen LogP contribution is 2.29. The summed E-state index contributed by atoms with van der Waals surface area (Å²) >= 11 is 1.19. The van der Waals surface area contributed by atoms with Gasteiger partial charge in [-0.1, -0.05) is 72.4 Å². The zero-order valence-electron chi connectivity index (χ0n) is 18.0. The molecule has 3 aromatic rings. The van der Waals surface area contributed by atoms with Crippen molar-refractivity contribution in [2.45, 2.75) is 6.54 Å². The first kappa shape index (κ1) is 22.5. The molecule has 1 aliphatic heterocycles. The van der Waals surface area contributed by atoms with Crippen molar-refractivity contribution in [3.63, 3.8) is 0 Å². The number of anilines is 1. The van der Waals surface area contributed by atoms with E-state index in [4.69, 9.17) is 0 Å². The molecule has 0 spiro atoms. The summed E-state index contributed by atoms with van der Waals surface area (Å²) in [5, 5.41) is 0.384. The number of halogens is 1. The minimum Gasteiger partial charge on any atom is -0.341 e. The Morgan fingerprint density at radius 2 is 1.64 bits per heavy atom. The van der Waals surface area contributed by atoms with E-state index in [2.05, 4.69) is 4.99 Å². The summed E-state index contributed by atoms with van der Waals surface area (Å²) in [4.78, 5) is 33.5. The van der Waals surface area contributed by atoms with Crippen LogP contribution in [0.25, 0.3) is 6.08 Å². The SMILES string of the molecule is CN(Cc1ccccc1)C(=O)CSC1=NC(=Cc2ccccc2)C(=O)N1c1ccc(F)cc1. The van der Waals surface area contributed by atoms with E-state index in [0.29, 0.717) is 17.4 Å². The van der Waals surface area contributed by atoms with E-state index in [0.717, 1.165) is 11.1 Å². The lowest BCUT2D eigenvalue weighted by Crippen LogP contribution is -2.33. The second kappa shape index (κ2) is 10.3. The third kappa shape index (κ3) is 5.56. The maximum absolute atomic E-state index is 13.5. The van der Waals surface area contributed by atoms with Crippen LogP contribution in [0.1, 0.15) is 11.1 Å². The van der Waals surface area contributed by atoms with Gasteiger partial charge < -0.3 is 4.90 Å². The summed E-state index contributed by atoms with van der Waals surface area (Å²) < 4.78 is 13.5. The topological polar surface area (TPSA) is 53.0 Å². The van der Waals surface area contributed by atoms with Crippen LogP contribution in [0.15, 0.2) is 95.6 Å². The lowest BCUT2D eigenvalue weighted by atomic mass is 10.2. The molecule has 0 radical (unpaired) electrons. The average Bonchev–Trinajstić information content (AvgIpc) is 3.14. The second-order valence-electron chi connectivity index (χ2n) is 7.48. The van der Waals surface area contributed by atoms with Crippen LogP contribution in [0, 0.1) is 5.82 Å². The first-order valence-corrected chi connectivity index (χ1v) is 11.4. The number of carbonyl (C=O) groups excluding carboxylic acids is 2. The fraction of sp³-hybridized carbons (Fsp3) is 0.115. The predicted octanol–water partition coefficient (Wildman–Crippen LogP) is 4.96. The van der Waals surface area contributed by atoms with Crippen molar-refractivity contribution in [2.24, 2.45) is 4.99 Å². The molecule has 33 heavy (non-hydrogen) atoms. The van der Waals surface area contributed by atoms with E-state index in [1.54, 1.807) is 18.0 Å². The Kier molecular flexibility index (Phi) is 7.00. The molecule has 4 rings (SSSR count). The van der Waals surface area contributed by atoms with Gasteiger partial charge in [0.25, 0.3) is 5.91 Å². The molecule has 7 heteroatoms. The first-order valence-electron chi connectivity index (χ1n) is 10.4. The molecule has 0 N–H and O–H groups in total. The molecule has 1 aliphatic rings. The van der Waals surface area contributed by atoms with E-state index in [9.17, 15) is 14.0 Å². The number of aliphatic imine (C=N–C) groups is 1. The zero-order valence-corrected chi connectivity index (χ0v) is 18.8. The number of hydrogen-bond acceptors (Lipinski definition) is 4. The molecule has 0 atom stereocenters. The molecular formula is C26H22FN3O2S. The highest BCUT2D eigenvalue weighted by atomic mass is 32.2. The van der Waals surface area contributed by atoms with Gasteiger partial charge in [-0.3, -0.25) is 14.5 Å². The van der Waals surface area contributed by atoms with Crippen molar-refractivity contribution in [3.8, 4) is 0 Å². The average molecular weight is 460 g/mol. The number of rotatable bonds is 6. The fourth-order valence-corrected chi connectivity index (χ4v) is 4.25. The van der Waals surface area contributed by atoms with Gasteiger partial charge in [0, 0.05) is 13.6 Å². The number of amides is 2. The predicted molar refractivity (Wildman–Crippen MR) is 131 cm³/mol. The van der Waals surface area contributed by atoms with Crippen molar-refractivity contribution >= 4 is 40.5 Å². The summed E-state index contributed by atoms with van der Waals surface area (Å²) in [6.45, 7) is 0.493. The highest BCUT2D eigenvalue weighted by Gasteiger charge is 2.32. The minimum atomic E-state index is -0.394. The number of hydrogen-bond donors (Lipinski definition) is 0. The summed E-state index contributed by atoms with van der Waals surface area (Å²) in [5.74, 6) is -0.683. The molecule has 1 heterocycles. The second-order valence-corrected chi connectivity index (χ2v) is 8.42. The Hall–Kier alpha value is -3.71. The molecule has 0 aliphatic carbocycles. The Morgan fingerprint density at radius 3 is 2.30 bits per heavy atom. The molecule has 0 bridgehead atoms. The smallest absolute Gasteiger partial charge is 0.283 e. The van der Waals surface area contributed by atoms with Gasteiger partial charge in [0.05, 0.1) is 11.4 Å². The quantitative estimate of drug-likeness (QED) is 0.490. The van der Waals surface area contributed by atoms with E-state index >= 15 is 0 Å². The van der Waals surface area contributed by atoms with Gasteiger partial charge in [-0.2, -0.15) is 0 Å². The Balaban J connectivity index is 1.53. The van der Waals surface area contributed by atoms with Gasteiger partial charge in [-0.05, 0) is 41.5 Å². The largest absolute Gasteiger partial charge is 0.341 e. The van der Waals surface area contributed by atoms with Crippen LogP contribution in [-0.2, 0) is 16.1 Å². The molecule has 0 unspecified atom stereocenters. The van der Waals surface area contributed by atoms with Gasteiger partial charge in [-0.25, -0.2) is 9.38 Å². The third-order valence-electron chi connectivity index (χ3n) is 5.03. The minimum absolute atomic E-state index is 0.0847. The lowest BCUT2D eigenvalue weighted by molar-refractivity contribution is -0.127. The van der Waals surface area contributed by atoms with Crippen molar-refractivity contribution < 1.29 is 14.0 Å². The molecule has 3 aromatic carbocycles. The van der Waals surface area contributed by atoms with Crippen LogP contribution in [-0.4, -0.2) is 34.7 Å². The van der Waals surface area contributed by atoms with E-state index in [-0.39, 0.29) is 23.3 Å². The first-order chi connectivity index (χ1) is 16.0. The van der Waals surface area contributed by atoms with Crippen LogP contribution in [0.2, 0.25) is 0 Å². The van der Waals surface area contributed by atoms with Crippen LogP contribution in [0.4, 0.5) is 10.1 Å². The zero-order chi connectivity index (χ0) is 23.2. The molecule has 0 saturated heterocycles. The molecule has 2 amide bonds. The summed E-state index contributed by atoms with van der Waals surface area (Å²) in [6.07, 6.45) is 1.70. The Morgan fingerprint density at radius 1 is 1.00 bits per heavy atom. The number of amidine groups is 1. The van der Waals surface area contributed by atoms with Crippen LogP contribution < -0.4 is 4.90 Å². The lowest BCUT2D eigenvalue weighted by Gasteiger charge is -2.20. The van der Waals surface area contributed by atoms with E-state index in [1.807, 2.05) is 60.7 Å². The van der Waals surface area contributed by atoms with Crippen LogP contribution in [0.3, 0.4) is 0 Å². The number of benzene rings is 3. The Labute approximate surface area is 196 Å². The van der Waals surface area contributed by atoms with Gasteiger partial charge in [-0.15, -0.1) is 0 Å². The van der Waals surface area contributed by atoms with Crippen LogP contribution in [0.5, 0.6) is 0 Å². The highest BCUT2D eigenvalue weighted by molar-refractivity contribution is 8.14. The summed E-state index contributed by atoms with van der Waals surface area (Å²) in [7, 11) is 1.75. The maximum atomic E-state index is 13.5. The molecule has 166 valence electrons. The fourth-order valence-electron chi connectivity index (χ4n) is 3.30. The van der Waals surface area contributed by atoms with Crippen molar-refractivity contribution in [3.05, 3.63) is 108 Å². The summed E-state index contributed by atoms with van der Waals surface area (Å²) in [6, 6.07) is 24.8. The molecule has 5 nitrogen and oxygen atoms in total. The van der Waals surface area contributed by atoms with Gasteiger partial charge in [0.1, 0.15) is 11.5 Å². The molecule has 0 fully saturated rings. The van der Waals surface area contributed by atoms with Gasteiger partial charge in [0.2, 0.25) is 5.91 Å². The third-order valence-corrected chi connectivity index (χ3v) is 5.95. The summed E-state index contributed by atoms with van der Waals surface area (Å²) in [5.41, 5.74) is 2.63. The number of thioether (sulfide) groups is 1. The molecule has 0 saturated carbocycles. The van der Waals surface area contributed by atoms with E-state index in [1.165, 1.54) is 40.9 Å². The van der Waals surface area contributed by atoms with Gasteiger partial charge >= 0.3 is 0 Å². The van der Waals surface area contributed by atoms with Crippen molar-refractivity contribution in [2.75, 3.05) is 17.7 Å². The molecular weight excluding hydrogens is 437 g/mol. The normalized spacial score (nSPS) is 14.5. The van der Waals surface area contributed by atoms with Crippen molar-refractivity contribution in [1.82, 2.24) is 4.90 Å². The Bertz CT molecular complexity index is 1200. The van der Waals surface area contributed by atoms with Crippen molar-refractivity contribution in [1.29, 1.82) is 0 Å². The number of carbonyl (C=O) groups is 2. The number of nitrogens with zero attached hydrogens (tertiary/aromatic N) is 3.